The van der Waals surface area contributed by atoms with E-state index >= 15 is 0 Å². The minimum Gasteiger partial charge on any atom is -0.398 e. The first-order valence-corrected chi connectivity index (χ1v) is 6.47. The first-order chi connectivity index (χ1) is 9.51. The molecular formula is C14H10BrF2N3. The fourth-order valence-corrected chi connectivity index (χ4v) is 2.04. The number of nitrogen functional groups attached to an aromatic ring is 1. The van der Waals surface area contributed by atoms with Crippen LogP contribution < -0.4 is 11.1 Å². The second-order valence-electron chi connectivity index (χ2n) is 4.12. The molecule has 0 saturated heterocycles. The normalized spacial score (nSPS) is 10.1. The van der Waals surface area contributed by atoms with Gasteiger partial charge in [0.2, 0.25) is 0 Å². The highest BCUT2D eigenvalue weighted by molar-refractivity contribution is 9.10. The predicted molar refractivity (Wildman–Crippen MR) is 77.5 cm³/mol. The van der Waals surface area contributed by atoms with Crippen molar-refractivity contribution in [3.05, 3.63) is 52.0 Å². The van der Waals surface area contributed by atoms with Gasteiger partial charge in [0.25, 0.3) is 0 Å². The maximum Gasteiger partial charge on any atom is 0.149 e. The van der Waals surface area contributed by atoms with E-state index < -0.39 is 11.6 Å². The molecule has 0 aliphatic rings. The summed E-state index contributed by atoms with van der Waals surface area (Å²) in [5.41, 5.74) is 7.58. The molecule has 0 aliphatic carbocycles. The van der Waals surface area contributed by atoms with E-state index in [0.29, 0.717) is 16.9 Å². The van der Waals surface area contributed by atoms with Gasteiger partial charge in [0.15, 0.2) is 0 Å². The quantitative estimate of drug-likeness (QED) is 0.654. The standard InChI is InChI=1S/C14H10BrF2N3/c15-10-6-14(12(17)7-11(10)16)20-9-1-2-13(19)8(5-9)3-4-18/h1-2,5-7,20H,3,19H2. The van der Waals surface area contributed by atoms with Gasteiger partial charge in [-0.2, -0.15) is 5.26 Å². The molecule has 2 rings (SSSR count). The van der Waals surface area contributed by atoms with Crippen molar-refractivity contribution < 1.29 is 8.78 Å². The van der Waals surface area contributed by atoms with Gasteiger partial charge in [-0.05, 0) is 45.8 Å². The van der Waals surface area contributed by atoms with Crippen LogP contribution in [0.1, 0.15) is 5.56 Å². The number of nitriles is 1. The highest BCUT2D eigenvalue weighted by Gasteiger charge is 2.09. The van der Waals surface area contributed by atoms with Gasteiger partial charge in [0, 0.05) is 17.4 Å². The van der Waals surface area contributed by atoms with E-state index in [4.69, 9.17) is 11.0 Å². The lowest BCUT2D eigenvalue weighted by atomic mass is 10.1. The second-order valence-corrected chi connectivity index (χ2v) is 4.97. The van der Waals surface area contributed by atoms with Crippen LogP contribution in [0.5, 0.6) is 0 Å². The number of nitrogens with one attached hydrogen (secondary N) is 1. The van der Waals surface area contributed by atoms with Crippen molar-refractivity contribution in [2.45, 2.75) is 6.42 Å². The Hall–Kier alpha value is -2.13. The van der Waals surface area contributed by atoms with Crippen molar-refractivity contribution in [3.8, 4) is 6.07 Å². The molecule has 0 spiro atoms. The van der Waals surface area contributed by atoms with Crippen LogP contribution in [-0.4, -0.2) is 0 Å². The summed E-state index contributed by atoms with van der Waals surface area (Å²) in [6.45, 7) is 0. The molecule has 0 atom stereocenters. The smallest absolute Gasteiger partial charge is 0.149 e. The molecule has 0 aromatic heterocycles. The van der Waals surface area contributed by atoms with Crippen LogP contribution in [0.25, 0.3) is 0 Å². The minimum absolute atomic E-state index is 0.131. The Morgan fingerprint density at radius 2 is 1.95 bits per heavy atom. The number of nitrogens with two attached hydrogens (primary N) is 1. The zero-order chi connectivity index (χ0) is 14.7. The Kier molecular flexibility index (Phi) is 4.20. The van der Waals surface area contributed by atoms with Gasteiger partial charge in [-0.25, -0.2) is 8.78 Å². The Morgan fingerprint density at radius 3 is 2.65 bits per heavy atom. The van der Waals surface area contributed by atoms with Crippen molar-refractivity contribution in [3.63, 3.8) is 0 Å². The van der Waals surface area contributed by atoms with E-state index in [2.05, 4.69) is 21.2 Å². The van der Waals surface area contributed by atoms with Crippen molar-refractivity contribution in [1.29, 1.82) is 5.26 Å². The molecule has 20 heavy (non-hydrogen) atoms. The van der Waals surface area contributed by atoms with Gasteiger partial charge >= 0.3 is 0 Å². The summed E-state index contributed by atoms with van der Waals surface area (Å²) in [6.07, 6.45) is 0.164. The lowest BCUT2D eigenvalue weighted by molar-refractivity contribution is 0.581. The monoisotopic (exact) mass is 337 g/mol. The fraction of sp³-hybridized carbons (Fsp3) is 0.0714. The van der Waals surface area contributed by atoms with Crippen molar-refractivity contribution in [1.82, 2.24) is 0 Å². The van der Waals surface area contributed by atoms with Crippen LogP contribution in [0.3, 0.4) is 0 Å². The molecular weight excluding hydrogens is 328 g/mol. The zero-order valence-corrected chi connectivity index (χ0v) is 11.8. The van der Waals surface area contributed by atoms with Crippen LogP contribution in [0.4, 0.5) is 25.8 Å². The third-order valence-corrected chi connectivity index (χ3v) is 3.31. The van der Waals surface area contributed by atoms with Gasteiger partial charge in [-0.15, -0.1) is 0 Å². The largest absolute Gasteiger partial charge is 0.398 e. The molecule has 0 amide bonds. The van der Waals surface area contributed by atoms with Gasteiger partial charge in [-0.1, -0.05) is 0 Å². The average Bonchev–Trinajstić information content (AvgIpc) is 2.40. The minimum atomic E-state index is -0.704. The molecule has 6 heteroatoms. The predicted octanol–water partition coefficient (Wildman–Crippen LogP) is 4.12. The lowest BCUT2D eigenvalue weighted by Crippen LogP contribution is -1.98. The van der Waals surface area contributed by atoms with Crippen LogP contribution in [0.2, 0.25) is 0 Å². The number of hydrogen-bond acceptors (Lipinski definition) is 3. The van der Waals surface area contributed by atoms with E-state index in [9.17, 15) is 8.78 Å². The van der Waals surface area contributed by atoms with Gasteiger partial charge in [-0.3, -0.25) is 0 Å². The van der Waals surface area contributed by atoms with Crippen LogP contribution >= 0.6 is 15.9 Å². The Balaban J connectivity index is 2.33. The van der Waals surface area contributed by atoms with Crippen LogP contribution in [0, 0.1) is 23.0 Å². The maximum atomic E-state index is 13.6. The third-order valence-electron chi connectivity index (χ3n) is 2.70. The SMILES string of the molecule is N#CCc1cc(Nc2cc(Br)c(F)cc2F)ccc1N. The van der Waals surface area contributed by atoms with Gasteiger partial charge in [0.1, 0.15) is 11.6 Å². The topological polar surface area (TPSA) is 61.8 Å². The second kappa shape index (κ2) is 5.88. The lowest BCUT2D eigenvalue weighted by Gasteiger charge is -2.11. The summed E-state index contributed by atoms with van der Waals surface area (Å²) in [5, 5.41) is 11.5. The Morgan fingerprint density at radius 1 is 1.20 bits per heavy atom. The number of halogens is 3. The Bertz CT molecular complexity index is 696. The fourth-order valence-electron chi connectivity index (χ4n) is 1.70. The molecule has 0 bridgehead atoms. The number of rotatable bonds is 3. The van der Waals surface area contributed by atoms with Crippen molar-refractivity contribution in [2.75, 3.05) is 11.1 Å². The molecule has 3 nitrogen and oxygen atoms in total. The van der Waals surface area contributed by atoms with Crippen molar-refractivity contribution in [2.24, 2.45) is 0 Å². The molecule has 102 valence electrons. The summed E-state index contributed by atoms with van der Waals surface area (Å²) >= 11 is 3.00. The average molecular weight is 338 g/mol. The van der Waals surface area contributed by atoms with Crippen LogP contribution in [-0.2, 0) is 6.42 Å². The summed E-state index contributed by atoms with van der Waals surface area (Å²) in [6, 6.07) is 9.06. The summed E-state index contributed by atoms with van der Waals surface area (Å²) < 4.78 is 27.0. The maximum absolute atomic E-state index is 13.6. The zero-order valence-electron chi connectivity index (χ0n) is 10.3. The summed E-state index contributed by atoms with van der Waals surface area (Å²) in [4.78, 5) is 0. The number of hydrogen-bond donors (Lipinski definition) is 2. The van der Waals surface area contributed by atoms with E-state index in [-0.39, 0.29) is 16.6 Å². The molecule has 0 fully saturated rings. The number of anilines is 3. The van der Waals surface area contributed by atoms with E-state index in [1.54, 1.807) is 18.2 Å². The molecule has 0 radical (unpaired) electrons. The highest BCUT2D eigenvalue weighted by Crippen LogP contribution is 2.27. The molecule has 3 N–H and O–H groups in total. The van der Waals surface area contributed by atoms with E-state index in [1.807, 2.05) is 6.07 Å². The molecule has 0 saturated carbocycles. The summed E-state index contributed by atoms with van der Waals surface area (Å²) in [7, 11) is 0. The molecule has 2 aromatic rings. The number of nitrogens with zero attached hydrogens (tertiary/aromatic N) is 1. The molecule has 2 aromatic carbocycles. The van der Waals surface area contributed by atoms with Gasteiger partial charge < -0.3 is 11.1 Å². The highest BCUT2D eigenvalue weighted by atomic mass is 79.9. The van der Waals surface area contributed by atoms with E-state index in [0.717, 1.165) is 6.07 Å². The molecule has 0 heterocycles. The first-order valence-electron chi connectivity index (χ1n) is 5.68. The molecule has 0 unspecified atom stereocenters. The Labute approximate surface area is 123 Å². The third kappa shape index (κ3) is 3.06. The van der Waals surface area contributed by atoms with Crippen molar-refractivity contribution >= 4 is 33.0 Å². The first kappa shape index (κ1) is 14.3. The number of benzene rings is 2. The van der Waals surface area contributed by atoms with Crippen LogP contribution in [0.15, 0.2) is 34.8 Å². The van der Waals surface area contributed by atoms with Gasteiger partial charge in [0.05, 0.1) is 22.7 Å². The molecule has 0 aliphatic heterocycles. The van der Waals surface area contributed by atoms with E-state index in [1.165, 1.54) is 6.07 Å². The summed E-state index contributed by atoms with van der Waals surface area (Å²) in [5.74, 6) is -1.38.